The monoisotopic (exact) mass is 316 g/mol. The Kier molecular flexibility index (Phi) is 3.57. The van der Waals surface area contributed by atoms with Crippen LogP contribution >= 0.6 is 11.6 Å². The van der Waals surface area contributed by atoms with Gasteiger partial charge in [-0.15, -0.1) is 0 Å². The summed E-state index contributed by atoms with van der Waals surface area (Å²) in [6.07, 6.45) is 0.696. The van der Waals surface area contributed by atoms with Crippen LogP contribution in [0, 0.1) is 18.3 Å². The van der Waals surface area contributed by atoms with E-state index >= 15 is 0 Å². The average molecular weight is 317 g/mol. The molecule has 2 amide bonds. The highest BCUT2D eigenvalue weighted by molar-refractivity contribution is 6.33. The molecule has 0 N–H and O–H groups in total. The van der Waals surface area contributed by atoms with Gasteiger partial charge >= 0.3 is 6.03 Å². The number of fused-ring (bicyclic) bond motifs is 1. The summed E-state index contributed by atoms with van der Waals surface area (Å²) in [6.45, 7) is 2.85. The van der Waals surface area contributed by atoms with Gasteiger partial charge in [0.25, 0.3) is 0 Å². The third-order valence-electron chi connectivity index (χ3n) is 4.33. The summed E-state index contributed by atoms with van der Waals surface area (Å²) in [6, 6.07) is 4.99. The standard InChI is InChI=1S/C14H13ClN6O/c1-8-11(3-2-9(6-16)13(8)15)21-7-12-10(18-19-17)4-5-20(12)14(21)22/h2-3,10,12H,4-5,7H2,1H3/t10-,12-/m1/s1. The molecule has 0 spiro atoms. The first-order chi connectivity index (χ1) is 10.6. The summed E-state index contributed by atoms with van der Waals surface area (Å²) in [5.74, 6) is 0. The van der Waals surface area contributed by atoms with E-state index in [1.54, 1.807) is 28.9 Å². The van der Waals surface area contributed by atoms with E-state index in [2.05, 4.69) is 10.0 Å². The second kappa shape index (κ2) is 5.41. The molecule has 0 aromatic heterocycles. The number of azide groups is 1. The SMILES string of the molecule is Cc1c(N2C[C@@H]3[C@H](N=[N+]=[N-])CCN3C2=O)ccc(C#N)c1Cl. The zero-order chi connectivity index (χ0) is 15.9. The molecule has 1 aromatic rings. The van der Waals surface area contributed by atoms with Gasteiger partial charge in [0.1, 0.15) is 6.07 Å². The predicted octanol–water partition coefficient (Wildman–Crippen LogP) is 3.21. The maximum atomic E-state index is 12.6. The molecule has 8 heteroatoms. The van der Waals surface area contributed by atoms with Crippen molar-refractivity contribution in [2.75, 3.05) is 18.0 Å². The molecule has 112 valence electrons. The van der Waals surface area contributed by atoms with Crippen LogP contribution in [0.25, 0.3) is 10.4 Å². The molecule has 0 bridgehead atoms. The van der Waals surface area contributed by atoms with E-state index in [-0.39, 0.29) is 18.1 Å². The van der Waals surface area contributed by atoms with Crippen molar-refractivity contribution in [3.8, 4) is 6.07 Å². The smallest absolute Gasteiger partial charge is 0.319 e. The maximum absolute atomic E-state index is 12.6. The molecule has 0 radical (unpaired) electrons. The van der Waals surface area contributed by atoms with Gasteiger partial charge < -0.3 is 4.90 Å². The lowest BCUT2D eigenvalue weighted by molar-refractivity contribution is 0.218. The summed E-state index contributed by atoms with van der Waals surface area (Å²) >= 11 is 6.18. The predicted molar refractivity (Wildman–Crippen MR) is 81.7 cm³/mol. The first kappa shape index (κ1) is 14.5. The van der Waals surface area contributed by atoms with Crippen LogP contribution in [0.5, 0.6) is 0 Å². The largest absolute Gasteiger partial charge is 0.324 e. The van der Waals surface area contributed by atoms with E-state index in [9.17, 15) is 4.79 Å². The van der Waals surface area contributed by atoms with Crippen LogP contribution in [0.15, 0.2) is 17.2 Å². The quantitative estimate of drug-likeness (QED) is 0.475. The highest BCUT2D eigenvalue weighted by Gasteiger charge is 2.46. The summed E-state index contributed by atoms with van der Waals surface area (Å²) in [5, 5.41) is 13.2. The number of nitrogens with zero attached hydrogens (tertiary/aromatic N) is 6. The van der Waals surface area contributed by atoms with Gasteiger partial charge in [-0.3, -0.25) is 4.90 Å². The minimum atomic E-state index is -0.187. The third kappa shape index (κ3) is 2.05. The first-order valence-corrected chi connectivity index (χ1v) is 7.27. The van der Waals surface area contributed by atoms with E-state index < -0.39 is 0 Å². The number of nitriles is 1. The van der Waals surface area contributed by atoms with Gasteiger partial charge in [-0.25, -0.2) is 4.79 Å². The van der Waals surface area contributed by atoms with Gasteiger partial charge in [0.15, 0.2) is 0 Å². The minimum Gasteiger partial charge on any atom is -0.319 e. The zero-order valence-electron chi connectivity index (χ0n) is 11.9. The van der Waals surface area contributed by atoms with Crippen molar-refractivity contribution in [3.63, 3.8) is 0 Å². The fourth-order valence-corrected chi connectivity index (χ4v) is 3.37. The van der Waals surface area contributed by atoms with Crippen molar-refractivity contribution < 1.29 is 4.79 Å². The van der Waals surface area contributed by atoms with Gasteiger partial charge in [0, 0.05) is 23.7 Å². The van der Waals surface area contributed by atoms with Crippen LogP contribution in [0.2, 0.25) is 5.02 Å². The lowest BCUT2D eigenvalue weighted by atomic mass is 10.1. The third-order valence-corrected chi connectivity index (χ3v) is 4.81. The van der Waals surface area contributed by atoms with E-state index in [1.807, 2.05) is 6.07 Å². The number of urea groups is 1. The molecule has 3 rings (SSSR count). The van der Waals surface area contributed by atoms with Crippen LogP contribution < -0.4 is 4.90 Å². The molecule has 0 unspecified atom stereocenters. The topological polar surface area (TPSA) is 96.1 Å². The first-order valence-electron chi connectivity index (χ1n) is 6.90. The number of hydrogen-bond donors (Lipinski definition) is 0. The van der Waals surface area contributed by atoms with Crippen molar-refractivity contribution in [3.05, 3.63) is 38.7 Å². The molecule has 2 aliphatic rings. The molecule has 2 heterocycles. The maximum Gasteiger partial charge on any atom is 0.324 e. The van der Waals surface area contributed by atoms with Crippen LogP contribution in [0.3, 0.4) is 0 Å². The van der Waals surface area contributed by atoms with Gasteiger partial charge in [-0.2, -0.15) is 5.26 Å². The van der Waals surface area contributed by atoms with Crippen molar-refractivity contribution in [2.45, 2.75) is 25.4 Å². The number of hydrogen-bond acceptors (Lipinski definition) is 3. The summed E-state index contributed by atoms with van der Waals surface area (Å²) in [7, 11) is 0. The fourth-order valence-electron chi connectivity index (χ4n) is 3.17. The van der Waals surface area contributed by atoms with Crippen molar-refractivity contribution in [2.24, 2.45) is 5.11 Å². The molecule has 2 fully saturated rings. The van der Waals surface area contributed by atoms with Crippen LogP contribution in [-0.2, 0) is 0 Å². The second-order valence-corrected chi connectivity index (χ2v) is 5.78. The van der Waals surface area contributed by atoms with Crippen LogP contribution in [0.1, 0.15) is 17.5 Å². The van der Waals surface area contributed by atoms with Crippen LogP contribution in [-0.4, -0.2) is 36.1 Å². The molecular formula is C14H13ClN6O. The molecule has 7 nitrogen and oxygen atoms in total. The minimum absolute atomic E-state index is 0.0998. The molecule has 1 aromatic carbocycles. The Morgan fingerprint density at radius 2 is 2.32 bits per heavy atom. The fraction of sp³-hybridized carbons (Fsp3) is 0.429. The lowest BCUT2D eigenvalue weighted by Gasteiger charge is -2.20. The van der Waals surface area contributed by atoms with Gasteiger partial charge in [-0.1, -0.05) is 16.7 Å². The number of halogens is 1. The molecular weight excluding hydrogens is 304 g/mol. The summed E-state index contributed by atoms with van der Waals surface area (Å²) in [4.78, 5) is 18.8. The van der Waals surface area contributed by atoms with E-state index in [0.29, 0.717) is 41.3 Å². The number of amides is 2. The van der Waals surface area contributed by atoms with Gasteiger partial charge in [0.2, 0.25) is 0 Å². The molecule has 0 saturated carbocycles. The van der Waals surface area contributed by atoms with Gasteiger partial charge in [-0.05, 0) is 36.6 Å². The molecule has 2 saturated heterocycles. The zero-order valence-corrected chi connectivity index (χ0v) is 12.7. The second-order valence-electron chi connectivity index (χ2n) is 5.40. The summed E-state index contributed by atoms with van der Waals surface area (Å²) < 4.78 is 0. The Morgan fingerprint density at radius 3 is 3.00 bits per heavy atom. The number of carbonyl (C=O) groups is 1. The molecule has 0 aliphatic carbocycles. The van der Waals surface area contributed by atoms with E-state index in [4.69, 9.17) is 22.4 Å². The van der Waals surface area contributed by atoms with Gasteiger partial charge in [0.05, 0.1) is 22.7 Å². The van der Waals surface area contributed by atoms with Crippen LogP contribution in [0.4, 0.5) is 10.5 Å². The van der Waals surface area contributed by atoms with Crippen molar-refractivity contribution >= 4 is 23.3 Å². The van der Waals surface area contributed by atoms with Crippen molar-refractivity contribution in [1.82, 2.24) is 4.90 Å². The highest BCUT2D eigenvalue weighted by Crippen LogP contribution is 2.36. The number of benzene rings is 1. The van der Waals surface area contributed by atoms with Crippen molar-refractivity contribution in [1.29, 1.82) is 5.26 Å². The molecule has 22 heavy (non-hydrogen) atoms. The van der Waals surface area contributed by atoms with E-state index in [0.717, 1.165) is 0 Å². The number of carbonyl (C=O) groups excluding carboxylic acids is 1. The Morgan fingerprint density at radius 1 is 1.55 bits per heavy atom. The Hall–Kier alpha value is -2.42. The highest BCUT2D eigenvalue weighted by atomic mass is 35.5. The molecule has 2 aliphatic heterocycles. The number of anilines is 1. The lowest BCUT2D eigenvalue weighted by Crippen LogP contribution is -2.32. The Labute approximate surface area is 132 Å². The Balaban J connectivity index is 1.95. The average Bonchev–Trinajstić information content (AvgIpc) is 3.04. The Bertz CT molecular complexity index is 736. The normalized spacial score (nSPS) is 23.2. The summed E-state index contributed by atoms with van der Waals surface area (Å²) in [5.41, 5.74) is 10.4. The number of rotatable bonds is 2. The van der Waals surface area contributed by atoms with E-state index in [1.165, 1.54) is 0 Å². The molecule has 2 atom stereocenters.